The Kier molecular flexibility index (Phi) is 4.53. The highest BCUT2D eigenvalue weighted by molar-refractivity contribution is 7.90. The van der Waals surface area contributed by atoms with Gasteiger partial charge in [-0.25, -0.2) is 8.42 Å². The summed E-state index contributed by atoms with van der Waals surface area (Å²) in [6, 6.07) is 7.69. The van der Waals surface area contributed by atoms with E-state index in [0.29, 0.717) is 34.2 Å². The van der Waals surface area contributed by atoms with Gasteiger partial charge < -0.3 is 4.74 Å². The average molecular weight is 398 g/mol. The zero-order chi connectivity index (χ0) is 18.4. The summed E-state index contributed by atoms with van der Waals surface area (Å²) in [5.41, 5.74) is 1.75. The number of aryl methyl sites for hydroxylation is 1. The van der Waals surface area contributed by atoms with Gasteiger partial charge in [0.1, 0.15) is 0 Å². The first-order valence-electron chi connectivity index (χ1n) is 7.14. The third-order valence-corrected chi connectivity index (χ3v) is 5.36. The summed E-state index contributed by atoms with van der Waals surface area (Å²) in [6.07, 6.45) is 3.22. The fraction of sp³-hybridized carbons (Fsp3) is 0.118. The predicted octanol–water partition coefficient (Wildman–Crippen LogP) is 4.06. The smallest absolute Gasteiger partial charge is 0.218 e. The summed E-state index contributed by atoms with van der Waals surface area (Å²) in [4.78, 5) is 12.9. The van der Waals surface area contributed by atoms with E-state index in [4.69, 9.17) is 27.9 Å². The van der Waals surface area contributed by atoms with Crippen LogP contribution in [-0.4, -0.2) is 21.1 Å². The van der Waals surface area contributed by atoms with Gasteiger partial charge in [-0.15, -0.1) is 0 Å². The average Bonchev–Trinajstić information content (AvgIpc) is 2.53. The van der Waals surface area contributed by atoms with E-state index in [0.717, 1.165) is 11.8 Å². The first-order chi connectivity index (χ1) is 11.7. The molecule has 0 saturated heterocycles. The van der Waals surface area contributed by atoms with E-state index in [1.807, 2.05) is 6.92 Å². The number of halogens is 2. The van der Waals surface area contributed by atoms with Crippen LogP contribution >= 0.6 is 23.2 Å². The highest BCUT2D eigenvalue weighted by Gasteiger charge is 2.24. The summed E-state index contributed by atoms with van der Waals surface area (Å²) >= 11 is 12.3. The van der Waals surface area contributed by atoms with Crippen molar-refractivity contribution < 1.29 is 17.9 Å². The molecule has 0 aliphatic carbocycles. The van der Waals surface area contributed by atoms with Crippen molar-refractivity contribution in [2.24, 2.45) is 0 Å². The maximum absolute atomic E-state index is 11.6. The Hall–Kier alpha value is -2.02. The van der Waals surface area contributed by atoms with Crippen molar-refractivity contribution in [3.8, 4) is 5.75 Å². The topological polar surface area (TPSA) is 63.7 Å². The molecule has 1 aliphatic heterocycles. The SMILES string of the molecule is Cc1cc(Cl)cc2c1OC(c1ccc(S(C)(=O)=O)cc1Cl)=CN2C=O. The number of sulfone groups is 1. The molecule has 8 heteroatoms. The Bertz CT molecular complexity index is 1020. The Morgan fingerprint density at radius 3 is 2.48 bits per heavy atom. The first-order valence-corrected chi connectivity index (χ1v) is 9.79. The maximum atomic E-state index is 11.6. The van der Waals surface area contributed by atoms with Crippen molar-refractivity contribution in [1.29, 1.82) is 0 Å². The zero-order valence-corrected chi connectivity index (χ0v) is 15.6. The van der Waals surface area contributed by atoms with Crippen LogP contribution in [0.4, 0.5) is 5.69 Å². The van der Waals surface area contributed by atoms with Crippen LogP contribution in [0, 0.1) is 6.92 Å². The van der Waals surface area contributed by atoms with E-state index < -0.39 is 9.84 Å². The van der Waals surface area contributed by atoms with Gasteiger partial charge in [0.05, 0.1) is 21.8 Å². The molecule has 130 valence electrons. The Labute approximate surface area is 155 Å². The van der Waals surface area contributed by atoms with Gasteiger partial charge in [0.25, 0.3) is 0 Å². The monoisotopic (exact) mass is 397 g/mol. The van der Waals surface area contributed by atoms with Gasteiger partial charge in [-0.1, -0.05) is 23.2 Å². The summed E-state index contributed by atoms with van der Waals surface area (Å²) < 4.78 is 29.2. The molecule has 5 nitrogen and oxygen atoms in total. The molecule has 0 bridgehead atoms. The molecule has 25 heavy (non-hydrogen) atoms. The van der Waals surface area contributed by atoms with Crippen molar-refractivity contribution >= 4 is 50.9 Å². The molecule has 0 spiro atoms. The lowest BCUT2D eigenvalue weighted by atomic mass is 10.1. The Balaban J connectivity index is 2.11. The minimum Gasteiger partial charge on any atom is -0.453 e. The molecule has 2 aromatic carbocycles. The summed E-state index contributed by atoms with van der Waals surface area (Å²) in [5.74, 6) is 0.812. The molecule has 2 aromatic rings. The van der Waals surface area contributed by atoms with Crippen molar-refractivity contribution in [2.45, 2.75) is 11.8 Å². The molecule has 1 amide bonds. The lowest BCUT2D eigenvalue weighted by Gasteiger charge is -2.27. The molecule has 0 saturated carbocycles. The molecule has 0 atom stereocenters. The van der Waals surface area contributed by atoms with Crippen molar-refractivity contribution in [3.63, 3.8) is 0 Å². The molecule has 1 aliphatic rings. The fourth-order valence-corrected chi connectivity index (χ4v) is 3.76. The predicted molar refractivity (Wildman–Crippen MR) is 97.9 cm³/mol. The van der Waals surface area contributed by atoms with E-state index in [1.165, 1.54) is 23.2 Å². The Morgan fingerprint density at radius 1 is 1.16 bits per heavy atom. The number of hydrogen-bond acceptors (Lipinski definition) is 4. The summed E-state index contributed by atoms with van der Waals surface area (Å²) in [7, 11) is -3.37. The number of ether oxygens (including phenoxy) is 1. The summed E-state index contributed by atoms with van der Waals surface area (Å²) in [6.45, 7) is 1.81. The molecular formula is C17H13Cl2NO4S. The number of anilines is 1. The van der Waals surface area contributed by atoms with Crippen LogP contribution in [-0.2, 0) is 14.6 Å². The van der Waals surface area contributed by atoms with Crippen molar-refractivity contribution in [1.82, 2.24) is 0 Å². The maximum Gasteiger partial charge on any atom is 0.218 e. The molecule has 0 radical (unpaired) electrons. The van der Waals surface area contributed by atoms with Gasteiger partial charge in [-0.2, -0.15) is 0 Å². The van der Waals surface area contributed by atoms with Crippen LogP contribution in [0.1, 0.15) is 11.1 Å². The van der Waals surface area contributed by atoms with Gasteiger partial charge in [0.2, 0.25) is 6.41 Å². The number of carbonyl (C=O) groups is 1. The number of nitrogens with zero attached hydrogens (tertiary/aromatic N) is 1. The molecule has 0 fully saturated rings. The van der Waals surface area contributed by atoms with Gasteiger partial charge >= 0.3 is 0 Å². The number of amides is 1. The third-order valence-electron chi connectivity index (χ3n) is 3.71. The number of hydrogen-bond donors (Lipinski definition) is 0. The molecule has 3 rings (SSSR count). The molecule has 0 unspecified atom stereocenters. The minimum atomic E-state index is -3.37. The van der Waals surface area contributed by atoms with Gasteiger partial charge in [0, 0.05) is 16.8 Å². The van der Waals surface area contributed by atoms with Crippen LogP contribution in [0.25, 0.3) is 5.76 Å². The fourth-order valence-electron chi connectivity index (χ4n) is 2.51. The van der Waals surface area contributed by atoms with Crippen LogP contribution in [0.2, 0.25) is 10.0 Å². The minimum absolute atomic E-state index is 0.105. The Morgan fingerprint density at radius 2 is 1.88 bits per heavy atom. The van der Waals surface area contributed by atoms with E-state index in [2.05, 4.69) is 0 Å². The number of fused-ring (bicyclic) bond motifs is 1. The van der Waals surface area contributed by atoms with Gasteiger partial charge in [-0.05, 0) is 42.8 Å². The second-order valence-corrected chi connectivity index (χ2v) is 8.45. The summed E-state index contributed by atoms with van der Waals surface area (Å²) in [5, 5.41) is 0.689. The van der Waals surface area contributed by atoms with E-state index in [9.17, 15) is 13.2 Å². The molecule has 0 aromatic heterocycles. The number of rotatable bonds is 3. The van der Waals surface area contributed by atoms with Crippen molar-refractivity contribution in [2.75, 3.05) is 11.2 Å². The lowest BCUT2D eigenvalue weighted by Crippen LogP contribution is -2.20. The van der Waals surface area contributed by atoms with E-state index in [1.54, 1.807) is 18.2 Å². The van der Waals surface area contributed by atoms with Crippen LogP contribution in [0.3, 0.4) is 0 Å². The quantitative estimate of drug-likeness (QED) is 0.732. The largest absolute Gasteiger partial charge is 0.453 e. The van der Waals surface area contributed by atoms with Gasteiger partial charge in [-0.3, -0.25) is 9.69 Å². The van der Waals surface area contributed by atoms with Crippen LogP contribution in [0.5, 0.6) is 5.75 Å². The van der Waals surface area contributed by atoms with Crippen LogP contribution < -0.4 is 9.64 Å². The highest BCUT2D eigenvalue weighted by atomic mass is 35.5. The standard InChI is InChI=1S/C17H13Cl2NO4S/c1-10-5-11(18)6-15-17(10)24-16(8-20(15)9-21)13-4-3-12(7-14(13)19)25(2,22)23/h3-9H,1-2H3. The zero-order valence-electron chi connectivity index (χ0n) is 13.3. The van der Waals surface area contributed by atoms with E-state index >= 15 is 0 Å². The normalized spacial score (nSPS) is 13.8. The van der Waals surface area contributed by atoms with Crippen molar-refractivity contribution in [3.05, 3.63) is 57.7 Å². The molecule has 0 N–H and O–H groups in total. The highest BCUT2D eigenvalue weighted by Crippen LogP contribution is 2.42. The number of carbonyl (C=O) groups excluding carboxylic acids is 1. The first kappa shape index (κ1) is 17.8. The van der Waals surface area contributed by atoms with E-state index in [-0.39, 0.29) is 9.92 Å². The second kappa shape index (κ2) is 6.37. The third kappa shape index (κ3) is 3.38. The second-order valence-electron chi connectivity index (χ2n) is 5.59. The van der Waals surface area contributed by atoms with Gasteiger partial charge in [0.15, 0.2) is 21.3 Å². The molecular weight excluding hydrogens is 385 g/mol. The van der Waals surface area contributed by atoms with Crippen LogP contribution in [0.15, 0.2) is 41.4 Å². The number of benzene rings is 2. The molecule has 1 heterocycles. The lowest BCUT2D eigenvalue weighted by molar-refractivity contribution is -0.107.